The lowest BCUT2D eigenvalue weighted by Crippen LogP contribution is -2.25. The van der Waals surface area contributed by atoms with Gasteiger partial charge in [-0.3, -0.25) is 14.3 Å². The van der Waals surface area contributed by atoms with Crippen LogP contribution >= 0.6 is 0 Å². The molecule has 1 heterocycles. The molecule has 3 rings (SSSR count). The van der Waals surface area contributed by atoms with Gasteiger partial charge in [0.1, 0.15) is 0 Å². The highest BCUT2D eigenvalue weighted by Gasteiger charge is 2.25. The van der Waals surface area contributed by atoms with Gasteiger partial charge in [0.2, 0.25) is 0 Å². The molecular weight excluding hydrogens is 318 g/mol. The van der Waals surface area contributed by atoms with Gasteiger partial charge in [-0.05, 0) is 19.3 Å². The van der Waals surface area contributed by atoms with Crippen molar-refractivity contribution < 1.29 is 14.7 Å². The van der Waals surface area contributed by atoms with Crippen molar-refractivity contribution in [3.8, 4) is 11.3 Å². The molecule has 1 saturated carbocycles. The topological polar surface area (TPSA) is 84.2 Å². The number of carboxylic acids is 1. The van der Waals surface area contributed by atoms with Gasteiger partial charge in [-0.15, -0.1) is 0 Å². The molecule has 1 aliphatic rings. The van der Waals surface area contributed by atoms with Gasteiger partial charge in [0.05, 0.1) is 23.5 Å². The number of carbonyl (C=O) groups excluding carboxylic acids is 1. The fourth-order valence-electron chi connectivity index (χ4n) is 3.37. The van der Waals surface area contributed by atoms with Crippen LogP contribution in [0.2, 0.25) is 0 Å². The first-order valence-corrected chi connectivity index (χ1v) is 8.79. The Bertz CT molecular complexity index is 734. The standard InChI is InChI=1S/C19H23N3O3/c23-17(24)11-6-12-20-19(25)16-13-21-22(15-9-4-5-10-15)18(16)14-7-2-1-3-8-14/h1-3,7-8,13,15H,4-6,9-12H2,(H,20,25)(H,23,24). The smallest absolute Gasteiger partial charge is 0.303 e. The Morgan fingerprint density at radius 2 is 1.92 bits per heavy atom. The SMILES string of the molecule is O=C(O)CCCNC(=O)c1cnn(C2CCCC2)c1-c1ccccc1. The fourth-order valence-corrected chi connectivity index (χ4v) is 3.37. The van der Waals surface area contributed by atoms with Crippen LogP contribution < -0.4 is 5.32 Å². The second-order valence-electron chi connectivity index (χ2n) is 6.41. The van der Waals surface area contributed by atoms with Crippen molar-refractivity contribution in [3.05, 3.63) is 42.1 Å². The Morgan fingerprint density at radius 3 is 2.60 bits per heavy atom. The molecule has 0 saturated heterocycles. The van der Waals surface area contributed by atoms with Gasteiger partial charge >= 0.3 is 5.97 Å². The van der Waals surface area contributed by atoms with Crippen LogP contribution in [0.3, 0.4) is 0 Å². The zero-order chi connectivity index (χ0) is 17.6. The molecular formula is C19H23N3O3. The Balaban J connectivity index is 1.83. The van der Waals surface area contributed by atoms with E-state index in [2.05, 4.69) is 10.4 Å². The number of aromatic nitrogens is 2. The number of aliphatic carboxylic acids is 1. The quantitative estimate of drug-likeness (QED) is 0.757. The maximum atomic E-state index is 12.6. The second-order valence-corrected chi connectivity index (χ2v) is 6.41. The molecule has 1 amide bonds. The normalized spacial score (nSPS) is 14.6. The van der Waals surface area contributed by atoms with Gasteiger partial charge in [0.15, 0.2) is 0 Å². The number of nitrogens with zero attached hydrogens (tertiary/aromatic N) is 2. The summed E-state index contributed by atoms with van der Waals surface area (Å²) < 4.78 is 1.99. The van der Waals surface area contributed by atoms with Crippen molar-refractivity contribution in [2.45, 2.75) is 44.6 Å². The first kappa shape index (κ1) is 17.2. The van der Waals surface area contributed by atoms with Crippen molar-refractivity contribution in [1.29, 1.82) is 0 Å². The zero-order valence-electron chi connectivity index (χ0n) is 14.1. The van der Waals surface area contributed by atoms with E-state index < -0.39 is 5.97 Å². The molecule has 2 N–H and O–H groups in total. The van der Waals surface area contributed by atoms with Crippen molar-refractivity contribution in [3.63, 3.8) is 0 Å². The largest absolute Gasteiger partial charge is 0.481 e. The van der Waals surface area contributed by atoms with E-state index in [9.17, 15) is 9.59 Å². The maximum absolute atomic E-state index is 12.6. The van der Waals surface area contributed by atoms with Crippen molar-refractivity contribution in [2.24, 2.45) is 0 Å². The predicted molar refractivity (Wildman–Crippen MR) is 94.4 cm³/mol. The summed E-state index contributed by atoms with van der Waals surface area (Å²) >= 11 is 0. The summed E-state index contributed by atoms with van der Waals surface area (Å²) in [6, 6.07) is 10.2. The molecule has 132 valence electrons. The molecule has 0 atom stereocenters. The summed E-state index contributed by atoms with van der Waals surface area (Å²) in [5.41, 5.74) is 2.37. The molecule has 25 heavy (non-hydrogen) atoms. The van der Waals surface area contributed by atoms with Crippen LogP contribution in [0.25, 0.3) is 11.3 Å². The highest BCUT2D eigenvalue weighted by atomic mass is 16.4. The average Bonchev–Trinajstić information content (AvgIpc) is 3.28. The van der Waals surface area contributed by atoms with Gasteiger partial charge < -0.3 is 10.4 Å². The van der Waals surface area contributed by atoms with Crippen LogP contribution in [0.1, 0.15) is 54.9 Å². The van der Waals surface area contributed by atoms with Gasteiger partial charge in [0.25, 0.3) is 5.91 Å². The molecule has 6 heteroatoms. The van der Waals surface area contributed by atoms with E-state index in [1.807, 2.05) is 35.0 Å². The van der Waals surface area contributed by atoms with E-state index in [-0.39, 0.29) is 12.3 Å². The lowest BCUT2D eigenvalue weighted by molar-refractivity contribution is -0.137. The van der Waals surface area contributed by atoms with E-state index >= 15 is 0 Å². The van der Waals surface area contributed by atoms with Crippen LogP contribution in [0.5, 0.6) is 0 Å². The van der Waals surface area contributed by atoms with E-state index in [0.29, 0.717) is 24.6 Å². The Hall–Kier alpha value is -2.63. The maximum Gasteiger partial charge on any atom is 0.303 e. The Kier molecular flexibility index (Phi) is 5.48. The molecule has 0 unspecified atom stereocenters. The summed E-state index contributed by atoms with van der Waals surface area (Å²) in [5.74, 6) is -1.05. The Morgan fingerprint density at radius 1 is 1.20 bits per heavy atom. The predicted octanol–water partition coefficient (Wildman–Crippen LogP) is 3.26. The third-order valence-corrected chi connectivity index (χ3v) is 4.61. The minimum Gasteiger partial charge on any atom is -0.481 e. The molecule has 0 bridgehead atoms. The first-order valence-electron chi connectivity index (χ1n) is 8.79. The number of nitrogens with one attached hydrogen (secondary N) is 1. The summed E-state index contributed by atoms with van der Waals surface area (Å²) in [6.07, 6.45) is 6.65. The molecule has 0 aliphatic heterocycles. The monoisotopic (exact) mass is 341 g/mol. The van der Waals surface area contributed by atoms with Crippen LogP contribution in [-0.2, 0) is 4.79 Å². The molecule has 2 aromatic rings. The van der Waals surface area contributed by atoms with Crippen LogP contribution in [0.4, 0.5) is 0 Å². The highest BCUT2D eigenvalue weighted by Crippen LogP contribution is 2.34. The number of rotatable bonds is 7. The number of benzene rings is 1. The summed E-state index contributed by atoms with van der Waals surface area (Å²) in [7, 11) is 0. The summed E-state index contributed by atoms with van der Waals surface area (Å²) in [6.45, 7) is 0.341. The van der Waals surface area contributed by atoms with Gasteiger partial charge in [-0.1, -0.05) is 43.2 Å². The molecule has 6 nitrogen and oxygen atoms in total. The van der Waals surface area contributed by atoms with E-state index in [1.165, 1.54) is 12.8 Å². The van der Waals surface area contributed by atoms with Gasteiger partial charge in [0, 0.05) is 18.5 Å². The Labute approximate surface area is 146 Å². The molecule has 0 spiro atoms. The third-order valence-electron chi connectivity index (χ3n) is 4.61. The minimum absolute atomic E-state index is 0.0488. The molecule has 1 aromatic carbocycles. The summed E-state index contributed by atoms with van der Waals surface area (Å²) in [4.78, 5) is 23.2. The number of amides is 1. The summed E-state index contributed by atoms with van der Waals surface area (Å²) in [5, 5.41) is 16.0. The van der Waals surface area contributed by atoms with Crippen LogP contribution in [0, 0.1) is 0 Å². The molecule has 1 aliphatic carbocycles. The van der Waals surface area contributed by atoms with E-state index in [1.54, 1.807) is 6.20 Å². The molecule has 1 aromatic heterocycles. The third kappa shape index (κ3) is 4.07. The second kappa shape index (κ2) is 7.96. The number of hydrogen-bond acceptors (Lipinski definition) is 3. The van der Waals surface area contributed by atoms with Crippen molar-refractivity contribution in [1.82, 2.24) is 15.1 Å². The van der Waals surface area contributed by atoms with Crippen molar-refractivity contribution in [2.75, 3.05) is 6.54 Å². The highest BCUT2D eigenvalue weighted by molar-refractivity contribution is 5.99. The zero-order valence-corrected chi connectivity index (χ0v) is 14.1. The van der Waals surface area contributed by atoms with Gasteiger partial charge in [-0.25, -0.2) is 0 Å². The van der Waals surface area contributed by atoms with E-state index in [0.717, 1.165) is 24.1 Å². The minimum atomic E-state index is -0.853. The first-order chi connectivity index (χ1) is 12.2. The van der Waals surface area contributed by atoms with Crippen LogP contribution in [0.15, 0.2) is 36.5 Å². The fraction of sp³-hybridized carbons (Fsp3) is 0.421. The average molecular weight is 341 g/mol. The van der Waals surface area contributed by atoms with E-state index in [4.69, 9.17) is 5.11 Å². The molecule has 0 radical (unpaired) electrons. The number of carboxylic acid groups (broad SMARTS) is 1. The van der Waals surface area contributed by atoms with Crippen molar-refractivity contribution >= 4 is 11.9 Å². The molecule has 1 fully saturated rings. The van der Waals surface area contributed by atoms with Crippen LogP contribution in [-0.4, -0.2) is 33.3 Å². The lowest BCUT2D eigenvalue weighted by Gasteiger charge is -2.15. The lowest BCUT2D eigenvalue weighted by atomic mass is 10.1. The number of hydrogen-bond donors (Lipinski definition) is 2. The van der Waals surface area contributed by atoms with Gasteiger partial charge in [-0.2, -0.15) is 5.10 Å². The number of carbonyl (C=O) groups is 2.